The number of rotatable bonds is 1. The van der Waals surface area contributed by atoms with Gasteiger partial charge in [0.05, 0.1) is 23.3 Å². The Kier molecular flexibility index (Phi) is 4.88. The fraction of sp³-hybridized carbons (Fsp3) is 0.348. The summed E-state index contributed by atoms with van der Waals surface area (Å²) in [5.41, 5.74) is 5.56. The van der Waals surface area contributed by atoms with Gasteiger partial charge in [0, 0.05) is 35.4 Å². The number of nitrogens with one attached hydrogen (secondary N) is 1. The van der Waals surface area contributed by atoms with Gasteiger partial charge in [0.25, 0.3) is 0 Å². The van der Waals surface area contributed by atoms with Crippen LogP contribution in [0.1, 0.15) is 40.2 Å². The molecule has 0 spiro atoms. The fourth-order valence-electron chi connectivity index (χ4n) is 4.48. The van der Waals surface area contributed by atoms with Crippen LogP contribution in [0.5, 0.6) is 0 Å². The lowest BCUT2D eigenvalue weighted by molar-refractivity contribution is 0.189. The average Bonchev–Trinajstić information content (AvgIpc) is 3.29. The van der Waals surface area contributed by atoms with Crippen molar-refractivity contribution in [3.63, 3.8) is 0 Å². The van der Waals surface area contributed by atoms with Crippen molar-refractivity contribution >= 4 is 34.7 Å². The van der Waals surface area contributed by atoms with Gasteiger partial charge in [-0.1, -0.05) is 17.7 Å². The molecule has 0 fully saturated rings. The first-order valence-electron chi connectivity index (χ1n) is 10.3. The number of urea groups is 1. The van der Waals surface area contributed by atoms with Crippen LogP contribution in [0.3, 0.4) is 0 Å². The maximum Gasteiger partial charge on any atom is 0.322 e. The maximum atomic E-state index is 13.4. The number of amides is 2. The van der Waals surface area contributed by atoms with Crippen molar-refractivity contribution < 1.29 is 4.79 Å². The minimum Gasteiger partial charge on any atom is -0.312 e. The third kappa shape index (κ3) is 3.23. The molecular formula is C23H25ClN4OS. The number of carbonyl (C=O) groups excluding carboxylic acids is 1. The highest BCUT2D eigenvalue weighted by molar-refractivity contribution is 7.15. The molecule has 0 aliphatic carbocycles. The molecule has 1 atom stereocenters. The van der Waals surface area contributed by atoms with Gasteiger partial charge in [0.1, 0.15) is 5.00 Å². The van der Waals surface area contributed by atoms with E-state index >= 15 is 0 Å². The van der Waals surface area contributed by atoms with Crippen molar-refractivity contribution in [2.75, 3.05) is 18.9 Å². The Bertz CT molecular complexity index is 1130. The molecule has 156 valence electrons. The van der Waals surface area contributed by atoms with Gasteiger partial charge in [-0.05, 0) is 62.7 Å². The number of carbonyl (C=O) groups is 1. The number of aromatic nitrogens is 1. The second-order valence-electron chi connectivity index (χ2n) is 8.30. The van der Waals surface area contributed by atoms with Gasteiger partial charge in [0.2, 0.25) is 0 Å². The molecule has 1 N–H and O–H groups in total. The zero-order valence-corrected chi connectivity index (χ0v) is 19.0. The number of hydrogen-bond donors (Lipinski definition) is 1. The zero-order valence-electron chi connectivity index (χ0n) is 17.4. The zero-order chi connectivity index (χ0) is 21.0. The Morgan fingerprint density at radius 3 is 2.87 bits per heavy atom. The van der Waals surface area contributed by atoms with Crippen LogP contribution >= 0.6 is 22.9 Å². The maximum absolute atomic E-state index is 13.4. The Hall–Kier alpha value is -2.28. The van der Waals surface area contributed by atoms with Gasteiger partial charge in [-0.25, -0.2) is 4.79 Å². The second kappa shape index (κ2) is 7.45. The highest BCUT2D eigenvalue weighted by Gasteiger charge is 2.33. The van der Waals surface area contributed by atoms with Crippen LogP contribution < -0.4 is 5.32 Å². The molecule has 2 amide bonds. The molecule has 0 bridgehead atoms. The number of aryl methyl sites for hydroxylation is 1. The molecule has 2 aliphatic heterocycles. The number of thiophene rings is 1. The van der Waals surface area contributed by atoms with Crippen LogP contribution in [-0.4, -0.2) is 34.0 Å². The first-order valence-corrected chi connectivity index (χ1v) is 11.4. The molecule has 3 aromatic rings. The number of fused-ring (bicyclic) bond motifs is 5. The second-order valence-corrected chi connectivity index (χ2v) is 9.79. The summed E-state index contributed by atoms with van der Waals surface area (Å²) < 4.78 is 2.27. The third-order valence-corrected chi connectivity index (χ3v) is 7.76. The molecule has 4 heterocycles. The standard InChI is InChI=1S/C23H25ClN4OS/c1-14-6-7-19(18(24)11-14)25-23(29)28-12-17-16-8-10-26(3)13-21(16)30-22(17)27-9-4-5-20(27)15(28)2/h4-7,9,11,15H,8,10,12-13H2,1-3H3,(H,25,29)/t15-/m0/s1. The third-order valence-electron chi connectivity index (χ3n) is 6.19. The van der Waals surface area contributed by atoms with E-state index in [1.165, 1.54) is 21.0 Å². The molecule has 2 aromatic heterocycles. The first-order chi connectivity index (χ1) is 14.4. The molecular weight excluding hydrogens is 416 g/mol. The van der Waals surface area contributed by atoms with Crippen LogP contribution in [-0.2, 0) is 19.5 Å². The Labute approximate surface area is 185 Å². The van der Waals surface area contributed by atoms with Crippen molar-refractivity contribution in [3.05, 3.63) is 68.8 Å². The van der Waals surface area contributed by atoms with E-state index < -0.39 is 0 Å². The number of benzene rings is 1. The number of likely N-dealkylation sites (N-methyl/N-ethyl adjacent to an activating group) is 1. The summed E-state index contributed by atoms with van der Waals surface area (Å²) in [6.45, 7) is 6.71. The average molecular weight is 441 g/mol. The summed E-state index contributed by atoms with van der Waals surface area (Å²) in [5, 5.41) is 4.86. The molecule has 0 radical (unpaired) electrons. The lowest BCUT2D eigenvalue weighted by atomic mass is 10.0. The summed E-state index contributed by atoms with van der Waals surface area (Å²) in [6, 6.07) is 9.71. The smallest absolute Gasteiger partial charge is 0.312 e. The van der Waals surface area contributed by atoms with Crippen molar-refractivity contribution in [2.24, 2.45) is 0 Å². The van der Waals surface area contributed by atoms with Crippen molar-refractivity contribution in [3.8, 4) is 5.00 Å². The van der Waals surface area contributed by atoms with Crippen molar-refractivity contribution in [1.29, 1.82) is 0 Å². The van der Waals surface area contributed by atoms with E-state index in [0.717, 1.165) is 30.8 Å². The Morgan fingerprint density at radius 2 is 2.07 bits per heavy atom. The van der Waals surface area contributed by atoms with Gasteiger partial charge in [-0.3, -0.25) is 0 Å². The van der Waals surface area contributed by atoms with Crippen LogP contribution in [0.25, 0.3) is 5.00 Å². The largest absolute Gasteiger partial charge is 0.322 e. The summed E-state index contributed by atoms with van der Waals surface area (Å²) in [7, 11) is 2.17. The fourth-order valence-corrected chi connectivity index (χ4v) is 6.21. The van der Waals surface area contributed by atoms with Gasteiger partial charge in [0.15, 0.2) is 0 Å². The summed E-state index contributed by atoms with van der Waals surface area (Å²) in [5.74, 6) is 0. The summed E-state index contributed by atoms with van der Waals surface area (Å²) in [4.78, 5) is 19.1. The van der Waals surface area contributed by atoms with E-state index in [1.807, 2.05) is 41.4 Å². The molecule has 2 aliphatic rings. The SMILES string of the molecule is Cc1ccc(NC(=O)N2Cc3c(sc4c3CCN(C)C4)-n3cccc3[C@@H]2C)c(Cl)c1. The molecule has 5 rings (SSSR count). The normalized spacial score (nSPS) is 18.4. The van der Waals surface area contributed by atoms with Crippen molar-refractivity contribution in [2.45, 2.75) is 39.4 Å². The molecule has 0 unspecified atom stereocenters. The Morgan fingerprint density at radius 1 is 1.23 bits per heavy atom. The predicted octanol–water partition coefficient (Wildman–Crippen LogP) is 5.60. The van der Waals surface area contributed by atoms with E-state index in [4.69, 9.17) is 11.6 Å². The minimum absolute atomic E-state index is 0.0502. The molecule has 0 saturated carbocycles. The monoisotopic (exact) mass is 440 g/mol. The van der Waals surface area contributed by atoms with Gasteiger partial charge >= 0.3 is 6.03 Å². The lowest BCUT2D eigenvalue weighted by Gasteiger charge is -2.29. The predicted molar refractivity (Wildman–Crippen MR) is 123 cm³/mol. The van der Waals surface area contributed by atoms with E-state index in [1.54, 1.807) is 0 Å². The topological polar surface area (TPSA) is 40.5 Å². The highest BCUT2D eigenvalue weighted by atomic mass is 35.5. The van der Waals surface area contributed by atoms with Crippen LogP contribution in [0.2, 0.25) is 5.02 Å². The van der Waals surface area contributed by atoms with E-state index in [2.05, 4.69) is 47.1 Å². The lowest BCUT2D eigenvalue weighted by Crippen LogP contribution is -2.36. The van der Waals surface area contributed by atoms with Gasteiger partial charge in [-0.15, -0.1) is 11.3 Å². The molecule has 7 heteroatoms. The van der Waals surface area contributed by atoms with Crippen LogP contribution in [0.15, 0.2) is 36.5 Å². The highest BCUT2D eigenvalue weighted by Crippen LogP contribution is 2.41. The van der Waals surface area contributed by atoms with E-state index in [-0.39, 0.29) is 12.1 Å². The van der Waals surface area contributed by atoms with Crippen LogP contribution in [0, 0.1) is 6.92 Å². The van der Waals surface area contributed by atoms with E-state index in [0.29, 0.717) is 17.3 Å². The van der Waals surface area contributed by atoms with Crippen molar-refractivity contribution in [1.82, 2.24) is 14.4 Å². The van der Waals surface area contributed by atoms with E-state index in [9.17, 15) is 4.79 Å². The molecule has 5 nitrogen and oxygen atoms in total. The minimum atomic E-state index is -0.123. The summed E-state index contributed by atoms with van der Waals surface area (Å²) in [6.07, 6.45) is 3.15. The number of nitrogens with zero attached hydrogens (tertiary/aromatic N) is 3. The molecule has 0 saturated heterocycles. The number of hydrogen-bond acceptors (Lipinski definition) is 3. The molecule has 1 aromatic carbocycles. The quantitative estimate of drug-likeness (QED) is 0.535. The van der Waals surface area contributed by atoms with Crippen LogP contribution in [0.4, 0.5) is 10.5 Å². The first kappa shape index (κ1) is 19.7. The molecule has 30 heavy (non-hydrogen) atoms. The summed E-state index contributed by atoms with van der Waals surface area (Å²) >= 11 is 8.24. The number of anilines is 1. The van der Waals surface area contributed by atoms with Gasteiger partial charge in [-0.2, -0.15) is 0 Å². The Balaban J connectivity index is 1.54. The number of halogens is 1. The van der Waals surface area contributed by atoms with Gasteiger partial charge < -0.3 is 19.7 Å².